The highest BCUT2D eigenvalue weighted by atomic mass is 32.2. The minimum Gasteiger partial charge on any atom is -0.331 e. The van der Waals surface area contributed by atoms with Crippen LogP contribution < -0.4 is 10.2 Å². The van der Waals surface area contributed by atoms with E-state index in [0.717, 1.165) is 16.7 Å². The maximum Gasteiger partial charge on any atom is 0.235 e. The van der Waals surface area contributed by atoms with Crippen LogP contribution in [0.2, 0.25) is 0 Å². The van der Waals surface area contributed by atoms with E-state index in [1.165, 1.54) is 24.3 Å². The molecule has 0 aliphatic rings. The van der Waals surface area contributed by atoms with Gasteiger partial charge in [0.05, 0.1) is 19.8 Å². The molecule has 33 heavy (non-hydrogen) atoms. The molecule has 3 aromatic rings. The Balaban J connectivity index is 1.86. The van der Waals surface area contributed by atoms with Crippen molar-refractivity contribution in [2.24, 2.45) is 0 Å². The van der Waals surface area contributed by atoms with Gasteiger partial charge in [-0.15, -0.1) is 10.2 Å². The van der Waals surface area contributed by atoms with Gasteiger partial charge in [-0.25, -0.2) is 26.3 Å². The van der Waals surface area contributed by atoms with Gasteiger partial charge in [0.1, 0.15) is 17.5 Å². The third kappa shape index (κ3) is 4.98. The second kappa shape index (κ2) is 9.83. The molecule has 176 valence electrons. The van der Waals surface area contributed by atoms with Crippen LogP contribution in [0.5, 0.6) is 0 Å². The average Bonchev–Trinajstić information content (AvgIpc) is 3.21. The molecular weight excluding hydrogens is 472 g/mol. The minimum atomic E-state index is -2.32. The van der Waals surface area contributed by atoms with Gasteiger partial charge in [-0.05, 0) is 31.2 Å². The maximum absolute atomic E-state index is 13.8. The van der Waals surface area contributed by atoms with Gasteiger partial charge >= 0.3 is 0 Å². The zero-order chi connectivity index (χ0) is 24.4. The molecule has 0 bridgehead atoms. The van der Waals surface area contributed by atoms with Crippen molar-refractivity contribution in [2.45, 2.75) is 18.1 Å². The Bertz CT molecular complexity index is 1160. The summed E-state index contributed by atoms with van der Waals surface area (Å²) in [5, 5.41) is 10.1. The number of halogens is 6. The maximum atomic E-state index is 13.8. The van der Waals surface area contributed by atoms with Crippen molar-refractivity contribution >= 4 is 23.4 Å². The third-order valence-electron chi connectivity index (χ3n) is 4.80. The zero-order valence-corrected chi connectivity index (χ0v) is 18.3. The molecule has 0 spiro atoms. The summed E-state index contributed by atoms with van der Waals surface area (Å²) < 4.78 is 82.5. The molecule has 0 aliphatic carbocycles. The minimum absolute atomic E-state index is 0.154. The predicted molar refractivity (Wildman–Crippen MR) is 108 cm³/mol. The number of benzene rings is 2. The number of thioether (sulfide) groups is 1. The number of carbonyl (C=O) groups is 1. The molecule has 0 aliphatic heterocycles. The van der Waals surface area contributed by atoms with E-state index in [0.29, 0.717) is 11.5 Å². The first-order valence-corrected chi connectivity index (χ1v) is 10.5. The molecule has 6 nitrogen and oxygen atoms in total. The average molecular weight is 490 g/mol. The Hall–Kier alpha value is -3.06. The van der Waals surface area contributed by atoms with Crippen molar-refractivity contribution in [3.05, 3.63) is 65.0 Å². The van der Waals surface area contributed by atoms with Crippen molar-refractivity contribution in [3.63, 3.8) is 0 Å². The number of hydrogen-bond donors (Lipinski definition) is 2. The van der Waals surface area contributed by atoms with Crippen LogP contribution in [-0.4, -0.2) is 40.5 Å². The number of nitrogens with one attached hydrogen (secondary N) is 2. The summed E-state index contributed by atoms with van der Waals surface area (Å²) in [5.41, 5.74) is -0.935. The Morgan fingerprint density at radius 1 is 0.970 bits per heavy atom. The van der Waals surface area contributed by atoms with E-state index < -0.39 is 52.3 Å². The van der Waals surface area contributed by atoms with Gasteiger partial charge in [-0.3, -0.25) is 9.36 Å². The van der Waals surface area contributed by atoms with Crippen LogP contribution in [-0.2, 0) is 4.79 Å². The predicted octanol–water partition coefficient (Wildman–Crippen LogP) is 3.04. The molecule has 3 rings (SSSR count). The number of amides is 1. The normalized spacial score (nSPS) is 12.3. The van der Waals surface area contributed by atoms with Gasteiger partial charge in [-0.2, -0.15) is 0 Å². The smallest absolute Gasteiger partial charge is 0.235 e. The standard InChI is InChI=1S/C20H17F6N5OS/c1-9(30(2)3)19-28-29-20(31(19)11-6-4-10(21)5-7-11)33-8-12(32)27-18-16(25)14(23)13(22)15(24)17(18)26/h4-7,9H,8H2,1-3H3,(H,27,32)/p+1/t9-/m1/s1. The van der Waals surface area contributed by atoms with E-state index in [-0.39, 0.29) is 11.2 Å². The monoisotopic (exact) mass is 490 g/mol. The summed E-state index contributed by atoms with van der Waals surface area (Å²) in [6, 6.07) is 5.28. The van der Waals surface area contributed by atoms with E-state index in [2.05, 4.69) is 10.2 Å². The second-order valence-electron chi connectivity index (χ2n) is 7.23. The number of nitrogens with zero attached hydrogens (tertiary/aromatic N) is 3. The van der Waals surface area contributed by atoms with Crippen molar-refractivity contribution in [2.75, 3.05) is 25.2 Å². The molecule has 1 heterocycles. The van der Waals surface area contributed by atoms with Crippen LogP contribution in [0.3, 0.4) is 0 Å². The van der Waals surface area contributed by atoms with Crippen LogP contribution in [0.1, 0.15) is 18.8 Å². The largest absolute Gasteiger partial charge is 0.331 e. The van der Waals surface area contributed by atoms with Crippen molar-refractivity contribution in [3.8, 4) is 5.69 Å². The fourth-order valence-electron chi connectivity index (χ4n) is 2.77. The zero-order valence-electron chi connectivity index (χ0n) is 17.5. The highest BCUT2D eigenvalue weighted by molar-refractivity contribution is 7.99. The van der Waals surface area contributed by atoms with Gasteiger partial charge < -0.3 is 10.2 Å². The Morgan fingerprint density at radius 2 is 1.52 bits per heavy atom. The first kappa shape index (κ1) is 24.6. The fraction of sp³-hybridized carbons (Fsp3) is 0.250. The number of carbonyl (C=O) groups excluding carboxylic acids is 1. The molecule has 0 unspecified atom stereocenters. The number of hydrogen-bond acceptors (Lipinski definition) is 4. The lowest BCUT2D eigenvalue weighted by Crippen LogP contribution is -3.05. The van der Waals surface area contributed by atoms with Crippen molar-refractivity contribution in [1.82, 2.24) is 14.8 Å². The molecule has 1 amide bonds. The fourth-order valence-corrected chi connectivity index (χ4v) is 3.53. The summed E-state index contributed by atoms with van der Waals surface area (Å²) in [5.74, 6) is -12.4. The lowest BCUT2D eigenvalue weighted by Gasteiger charge is -2.18. The van der Waals surface area contributed by atoms with Crippen LogP contribution in [0.25, 0.3) is 5.69 Å². The lowest BCUT2D eigenvalue weighted by atomic mass is 10.2. The van der Waals surface area contributed by atoms with Gasteiger partial charge in [0.25, 0.3) is 0 Å². The van der Waals surface area contributed by atoms with Crippen LogP contribution in [0.15, 0.2) is 29.4 Å². The molecular formula is C20H18F6N5OS+. The van der Waals surface area contributed by atoms with Gasteiger partial charge in [0.15, 0.2) is 34.2 Å². The van der Waals surface area contributed by atoms with Crippen molar-refractivity contribution in [1.29, 1.82) is 0 Å². The van der Waals surface area contributed by atoms with Gasteiger partial charge in [0.2, 0.25) is 11.7 Å². The first-order valence-electron chi connectivity index (χ1n) is 9.48. The Labute approximate surface area is 188 Å². The van der Waals surface area contributed by atoms with E-state index in [9.17, 15) is 31.1 Å². The molecule has 0 fully saturated rings. The van der Waals surface area contributed by atoms with E-state index in [1.807, 2.05) is 21.0 Å². The Morgan fingerprint density at radius 3 is 2.06 bits per heavy atom. The van der Waals surface area contributed by atoms with E-state index in [4.69, 9.17) is 0 Å². The molecule has 2 aromatic carbocycles. The molecule has 0 radical (unpaired) electrons. The topological polar surface area (TPSA) is 64.2 Å². The molecule has 0 saturated heterocycles. The third-order valence-corrected chi connectivity index (χ3v) is 5.73. The van der Waals surface area contributed by atoms with Crippen molar-refractivity contribution < 1.29 is 36.0 Å². The molecule has 2 N–H and O–H groups in total. The first-order chi connectivity index (χ1) is 15.5. The summed E-state index contributed by atoms with van der Waals surface area (Å²) in [4.78, 5) is 13.2. The van der Waals surface area contributed by atoms with Gasteiger partial charge in [-0.1, -0.05) is 11.8 Å². The highest BCUT2D eigenvalue weighted by Crippen LogP contribution is 2.28. The number of aromatic nitrogens is 3. The van der Waals surface area contributed by atoms with Crippen LogP contribution in [0.4, 0.5) is 32.0 Å². The quantitative estimate of drug-likeness (QED) is 0.231. The van der Waals surface area contributed by atoms with Crippen LogP contribution in [0, 0.1) is 34.9 Å². The lowest BCUT2D eigenvalue weighted by molar-refractivity contribution is -0.890. The molecule has 0 saturated carbocycles. The number of anilines is 1. The summed E-state index contributed by atoms with van der Waals surface area (Å²) in [6.45, 7) is 1.88. The van der Waals surface area contributed by atoms with E-state index in [1.54, 1.807) is 9.88 Å². The van der Waals surface area contributed by atoms with E-state index >= 15 is 0 Å². The number of rotatable bonds is 7. The highest BCUT2D eigenvalue weighted by Gasteiger charge is 2.28. The molecule has 1 aromatic heterocycles. The molecule has 13 heteroatoms. The second-order valence-corrected chi connectivity index (χ2v) is 8.18. The Kier molecular flexibility index (Phi) is 7.32. The SMILES string of the molecule is C[C@H](c1nnc(SCC(=O)Nc2c(F)c(F)c(F)c(F)c2F)n1-c1ccc(F)cc1)[NH+](C)C. The number of quaternary nitrogens is 1. The van der Waals surface area contributed by atoms with Gasteiger partial charge in [0, 0.05) is 5.69 Å². The van der Waals surface area contributed by atoms with Crippen LogP contribution >= 0.6 is 11.8 Å². The summed E-state index contributed by atoms with van der Waals surface area (Å²) in [7, 11) is 3.78. The summed E-state index contributed by atoms with van der Waals surface area (Å²) >= 11 is 0.814. The molecule has 1 atom stereocenters. The summed E-state index contributed by atoms with van der Waals surface area (Å²) in [6.07, 6.45) is 0.